The molecule has 1 heterocycles. The summed E-state index contributed by atoms with van der Waals surface area (Å²) in [6, 6.07) is 11.2. The van der Waals surface area contributed by atoms with E-state index in [0.717, 1.165) is 30.1 Å². The first-order chi connectivity index (χ1) is 9.20. The molecular formula is C15H19ClN2O2. The van der Waals surface area contributed by atoms with Crippen LogP contribution in [0.1, 0.15) is 28.8 Å². The van der Waals surface area contributed by atoms with Gasteiger partial charge in [0.2, 0.25) is 0 Å². The molecule has 0 bridgehead atoms. The van der Waals surface area contributed by atoms with Crippen LogP contribution in [0.15, 0.2) is 40.8 Å². The van der Waals surface area contributed by atoms with Gasteiger partial charge < -0.3 is 15.1 Å². The molecule has 0 saturated carbocycles. The zero-order valence-electron chi connectivity index (χ0n) is 11.6. The molecule has 1 aromatic carbocycles. The van der Waals surface area contributed by atoms with Crippen LogP contribution in [0.25, 0.3) is 0 Å². The van der Waals surface area contributed by atoms with E-state index in [1.54, 1.807) is 12.1 Å². The normalized spacial score (nSPS) is 9.90. The van der Waals surface area contributed by atoms with E-state index in [4.69, 9.17) is 4.42 Å². The second kappa shape index (κ2) is 7.72. The number of hydrogen-bond donors (Lipinski definition) is 2. The molecule has 108 valence electrons. The standard InChI is InChI=1S/C15H18N2O2.ClH/c1-3-16-10-12-6-4-5-7-13(12)17-15(18)14-9-8-11(2)19-14;/h4-9,16H,3,10H2,1-2H3,(H,17,18);1H. The highest BCUT2D eigenvalue weighted by Crippen LogP contribution is 2.16. The van der Waals surface area contributed by atoms with Crippen molar-refractivity contribution >= 4 is 24.0 Å². The Labute approximate surface area is 125 Å². The van der Waals surface area contributed by atoms with Gasteiger partial charge in [0.25, 0.3) is 5.91 Å². The van der Waals surface area contributed by atoms with E-state index in [-0.39, 0.29) is 18.3 Å². The van der Waals surface area contributed by atoms with Gasteiger partial charge in [-0.05, 0) is 37.2 Å². The van der Waals surface area contributed by atoms with Gasteiger partial charge in [0.15, 0.2) is 5.76 Å². The van der Waals surface area contributed by atoms with Crippen molar-refractivity contribution in [3.8, 4) is 0 Å². The van der Waals surface area contributed by atoms with Gasteiger partial charge in [-0.25, -0.2) is 0 Å². The molecule has 5 heteroatoms. The van der Waals surface area contributed by atoms with E-state index in [1.807, 2.05) is 38.1 Å². The predicted octanol–water partition coefficient (Wildman–Crippen LogP) is 3.37. The Hall–Kier alpha value is -1.78. The van der Waals surface area contributed by atoms with Crippen LogP contribution in [-0.4, -0.2) is 12.5 Å². The van der Waals surface area contributed by atoms with E-state index in [1.165, 1.54) is 0 Å². The summed E-state index contributed by atoms with van der Waals surface area (Å²) in [7, 11) is 0. The molecule has 20 heavy (non-hydrogen) atoms. The van der Waals surface area contributed by atoms with Gasteiger partial charge >= 0.3 is 0 Å². The van der Waals surface area contributed by atoms with Crippen LogP contribution in [0.3, 0.4) is 0 Å². The number of benzene rings is 1. The second-order valence-corrected chi connectivity index (χ2v) is 4.30. The number of hydrogen-bond acceptors (Lipinski definition) is 3. The molecule has 0 unspecified atom stereocenters. The van der Waals surface area contributed by atoms with Crippen molar-refractivity contribution in [2.24, 2.45) is 0 Å². The van der Waals surface area contributed by atoms with Crippen LogP contribution >= 0.6 is 12.4 Å². The summed E-state index contributed by atoms with van der Waals surface area (Å²) >= 11 is 0. The predicted molar refractivity (Wildman–Crippen MR) is 82.5 cm³/mol. The van der Waals surface area contributed by atoms with Crippen molar-refractivity contribution in [2.75, 3.05) is 11.9 Å². The summed E-state index contributed by atoms with van der Waals surface area (Å²) in [5.41, 5.74) is 1.86. The van der Waals surface area contributed by atoms with Gasteiger partial charge in [0.05, 0.1) is 0 Å². The molecule has 4 nitrogen and oxygen atoms in total. The lowest BCUT2D eigenvalue weighted by Gasteiger charge is -2.10. The smallest absolute Gasteiger partial charge is 0.291 e. The Morgan fingerprint density at radius 2 is 1.95 bits per heavy atom. The molecule has 0 fully saturated rings. The molecule has 2 aromatic rings. The van der Waals surface area contributed by atoms with Crippen molar-refractivity contribution in [2.45, 2.75) is 20.4 Å². The van der Waals surface area contributed by atoms with E-state index in [0.29, 0.717) is 5.76 Å². The monoisotopic (exact) mass is 294 g/mol. The molecule has 0 aliphatic carbocycles. The van der Waals surface area contributed by atoms with Crippen molar-refractivity contribution in [3.63, 3.8) is 0 Å². The van der Waals surface area contributed by atoms with Gasteiger partial charge in [-0.15, -0.1) is 12.4 Å². The van der Waals surface area contributed by atoms with Crippen LogP contribution in [0, 0.1) is 6.92 Å². The third-order valence-electron chi connectivity index (χ3n) is 2.80. The zero-order valence-corrected chi connectivity index (χ0v) is 12.4. The molecule has 2 rings (SSSR count). The minimum absolute atomic E-state index is 0. The topological polar surface area (TPSA) is 54.3 Å². The lowest BCUT2D eigenvalue weighted by Crippen LogP contribution is -2.16. The first-order valence-electron chi connectivity index (χ1n) is 6.37. The quantitative estimate of drug-likeness (QED) is 0.889. The molecule has 0 radical (unpaired) electrons. The largest absolute Gasteiger partial charge is 0.456 e. The maximum Gasteiger partial charge on any atom is 0.291 e. The summed E-state index contributed by atoms with van der Waals surface area (Å²) < 4.78 is 5.31. The maximum absolute atomic E-state index is 12.0. The number of nitrogens with one attached hydrogen (secondary N) is 2. The fraction of sp³-hybridized carbons (Fsp3) is 0.267. The van der Waals surface area contributed by atoms with Crippen molar-refractivity contribution in [1.82, 2.24) is 5.32 Å². The molecule has 1 amide bonds. The van der Waals surface area contributed by atoms with E-state index in [9.17, 15) is 4.79 Å². The van der Waals surface area contributed by atoms with Crippen LogP contribution in [0.4, 0.5) is 5.69 Å². The number of rotatable bonds is 5. The van der Waals surface area contributed by atoms with Gasteiger partial charge in [-0.2, -0.15) is 0 Å². The Bertz CT molecular complexity index is 567. The summed E-state index contributed by atoms with van der Waals surface area (Å²) in [5.74, 6) is 0.832. The number of halogens is 1. The van der Waals surface area contributed by atoms with Crippen molar-refractivity contribution in [1.29, 1.82) is 0 Å². The number of aryl methyl sites for hydroxylation is 1. The van der Waals surface area contributed by atoms with E-state index in [2.05, 4.69) is 10.6 Å². The number of anilines is 1. The molecule has 0 aliphatic heterocycles. The fourth-order valence-electron chi connectivity index (χ4n) is 1.80. The average molecular weight is 295 g/mol. The van der Waals surface area contributed by atoms with E-state index < -0.39 is 0 Å². The van der Waals surface area contributed by atoms with Crippen LogP contribution in [0.2, 0.25) is 0 Å². The SMILES string of the molecule is CCNCc1ccccc1NC(=O)c1ccc(C)o1.Cl. The Morgan fingerprint density at radius 1 is 1.20 bits per heavy atom. The Kier molecular flexibility index (Phi) is 6.28. The van der Waals surface area contributed by atoms with Gasteiger partial charge in [0.1, 0.15) is 5.76 Å². The summed E-state index contributed by atoms with van der Waals surface area (Å²) in [6.45, 7) is 5.48. The highest BCUT2D eigenvalue weighted by atomic mass is 35.5. The molecule has 0 atom stereocenters. The number of furan rings is 1. The number of para-hydroxylation sites is 1. The number of carbonyl (C=O) groups is 1. The van der Waals surface area contributed by atoms with Crippen LogP contribution < -0.4 is 10.6 Å². The molecular weight excluding hydrogens is 276 g/mol. The van der Waals surface area contributed by atoms with E-state index >= 15 is 0 Å². The highest BCUT2D eigenvalue weighted by molar-refractivity contribution is 6.02. The lowest BCUT2D eigenvalue weighted by molar-refractivity contribution is 0.0995. The number of carbonyl (C=O) groups excluding carboxylic acids is 1. The van der Waals surface area contributed by atoms with Gasteiger partial charge in [-0.3, -0.25) is 4.79 Å². The molecule has 0 spiro atoms. The Morgan fingerprint density at radius 3 is 2.60 bits per heavy atom. The first-order valence-corrected chi connectivity index (χ1v) is 6.37. The van der Waals surface area contributed by atoms with Gasteiger partial charge in [-0.1, -0.05) is 25.1 Å². The zero-order chi connectivity index (χ0) is 13.7. The second-order valence-electron chi connectivity index (χ2n) is 4.30. The average Bonchev–Trinajstić information content (AvgIpc) is 2.84. The first kappa shape index (κ1) is 16.3. The number of amides is 1. The summed E-state index contributed by atoms with van der Waals surface area (Å²) in [6.07, 6.45) is 0. The molecule has 2 N–H and O–H groups in total. The molecule has 0 aliphatic rings. The minimum Gasteiger partial charge on any atom is -0.456 e. The van der Waals surface area contributed by atoms with Crippen LogP contribution in [0.5, 0.6) is 0 Å². The minimum atomic E-state index is -0.225. The molecule has 1 aromatic heterocycles. The maximum atomic E-state index is 12.0. The highest BCUT2D eigenvalue weighted by Gasteiger charge is 2.11. The van der Waals surface area contributed by atoms with Crippen LogP contribution in [-0.2, 0) is 6.54 Å². The lowest BCUT2D eigenvalue weighted by atomic mass is 10.1. The summed E-state index contributed by atoms with van der Waals surface area (Å²) in [5, 5.41) is 6.12. The third kappa shape index (κ3) is 4.11. The van der Waals surface area contributed by atoms with Crippen molar-refractivity contribution in [3.05, 3.63) is 53.5 Å². The third-order valence-corrected chi connectivity index (χ3v) is 2.80. The van der Waals surface area contributed by atoms with Gasteiger partial charge in [0, 0.05) is 12.2 Å². The Balaban J connectivity index is 0.00000200. The summed E-state index contributed by atoms with van der Waals surface area (Å²) in [4.78, 5) is 12.0. The fourth-order valence-corrected chi connectivity index (χ4v) is 1.80. The molecule has 0 saturated heterocycles. The van der Waals surface area contributed by atoms with Crippen molar-refractivity contribution < 1.29 is 9.21 Å².